The van der Waals surface area contributed by atoms with Gasteiger partial charge in [0.05, 0.1) is 13.0 Å². The molecule has 2 atom stereocenters. The van der Waals surface area contributed by atoms with Crippen molar-refractivity contribution in [2.45, 2.75) is 20.3 Å². The SMILES string of the molecule is C=CC(C)(CCNC(=O)c1cccc(Cl)c1)C(C)C(=O)OC. The van der Waals surface area contributed by atoms with Gasteiger partial charge in [-0.05, 0) is 30.0 Å². The van der Waals surface area contributed by atoms with Crippen molar-refractivity contribution in [1.82, 2.24) is 5.32 Å². The van der Waals surface area contributed by atoms with E-state index in [2.05, 4.69) is 11.9 Å². The third-order valence-corrected chi connectivity index (χ3v) is 4.28. The molecule has 0 spiro atoms. The molecule has 120 valence electrons. The van der Waals surface area contributed by atoms with Crippen molar-refractivity contribution < 1.29 is 14.3 Å². The first-order valence-electron chi connectivity index (χ1n) is 7.09. The van der Waals surface area contributed by atoms with Crippen LogP contribution < -0.4 is 5.32 Å². The maximum absolute atomic E-state index is 12.0. The molecule has 1 amide bonds. The smallest absolute Gasteiger partial charge is 0.309 e. The standard InChI is InChI=1S/C17H22ClNO3/c1-5-17(3,12(2)16(21)22-4)9-10-19-15(20)13-7-6-8-14(18)11-13/h5-8,11-12H,1,9-10H2,2-4H3,(H,19,20). The van der Waals surface area contributed by atoms with E-state index >= 15 is 0 Å². The van der Waals surface area contributed by atoms with Crippen LogP contribution in [0.15, 0.2) is 36.9 Å². The molecule has 0 heterocycles. The average molecular weight is 324 g/mol. The van der Waals surface area contributed by atoms with Crippen molar-refractivity contribution in [2.24, 2.45) is 11.3 Å². The lowest BCUT2D eigenvalue weighted by Gasteiger charge is -2.30. The molecular weight excluding hydrogens is 302 g/mol. The molecule has 0 aliphatic heterocycles. The topological polar surface area (TPSA) is 55.4 Å². The molecule has 0 fully saturated rings. The van der Waals surface area contributed by atoms with Gasteiger partial charge in [0.1, 0.15) is 0 Å². The van der Waals surface area contributed by atoms with E-state index in [0.29, 0.717) is 23.6 Å². The highest BCUT2D eigenvalue weighted by atomic mass is 35.5. The van der Waals surface area contributed by atoms with Gasteiger partial charge in [0.2, 0.25) is 0 Å². The van der Waals surface area contributed by atoms with Crippen molar-refractivity contribution in [1.29, 1.82) is 0 Å². The fourth-order valence-corrected chi connectivity index (χ4v) is 2.31. The fraction of sp³-hybridized carbons (Fsp3) is 0.412. The van der Waals surface area contributed by atoms with Gasteiger partial charge in [-0.15, -0.1) is 6.58 Å². The van der Waals surface area contributed by atoms with E-state index in [0.717, 1.165) is 0 Å². The Hall–Kier alpha value is -1.81. The van der Waals surface area contributed by atoms with E-state index in [1.54, 1.807) is 37.3 Å². The molecule has 0 aromatic heterocycles. The third-order valence-electron chi connectivity index (χ3n) is 4.05. The molecule has 22 heavy (non-hydrogen) atoms. The minimum atomic E-state index is -0.450. The third kappa shape index (κ3) is 4.60. The Morgan fingerprint density at radius 2 is 2.18 bits per heavy atom. The highest BCUT2D eigenvalue weighted by molar-refractivity contribution is 6.30. The number of hydrogen-bond acceptors (Lipinski definition) is 3. The molecule has 0 bridgehead atoms. The van der Waals surface area contributed by atoms with Crippen molar-refractivity contribution >= 4 is 23.5 Å². The Morgan fingerprint density at radius 1 is 1.50 bits per heavy atom. The molecule has 1 aromatic carbocycles. The lowest BCUT2D eigenvalue weighted by atomic mass is 9.75. The van der Waals surface area contributed by atoms with Gasteiger partial charge >= 0.3 is 5.97 Å². The number of allylic oxidation sites excluding steroid dienone is 1. The summed E-state index contributed by atoms with van der Waals surface area (Å²) in [6.07, 6.45) is 2.32. The number of esters is 1. The Morgan fingerprint density at radius 3 is 2.73 bits per heavy atom. The molecule has 0 radical (unpaired) electrons. The number of carbonyl (C=O) groups is 2. The summed E-state index contributed by atoms with van der Waals surface area (Å²) < 4.78 is 4.78. The van der Waals surface area contributed by atoms with Crippen LogP contribution in [0.4, 0.5) is 0 Å². The fourth-order valence-electron chi connectivity index (χ4n) is 2.12. The minimum Gasteiger partial charge on any atom is -0.469 e. The number of methoxy groups -OCH3 is 1. The number of benzene rings is 1. The Kier molecular flexibility index (Phi) is 6.62. The highest BCUT2D eigenvalue weighted by Crippen LogP contribution is 2.33. The van der Waals surface area contributed by atoms with Crippen LogP contribution >= 0.6 is 11.6 Å². The van der Waals surface area contributed by atoms with Gasteiger partial charge in [0, 0.05) is 17.1 Å². The van der Waals surface area contributed by atoms with E-state index in [-0.39, 0.29) is 17.8 Å². The molecule has 5 heteroatoms. The molecule has 0 aliphatic rings. The van der Waals surface area contributed by atoms with Crippen LogP contribution in [0.3, 0.4) is 0 Å². The monoisotopic (exact) mass is 323 g/mol. The van der Waals surface area contributed by atoms with Gasteiger partial charge in [0.15, 0.2) is 0 Å². The molecular formula is C17H22ClNO3. The first-order valence-corrected chi connectivity index (χ1v) is 7.47. The molecule has 0 saturated heterocycles. The maximum atomic E-state index is 12.0. The number of carbonyl (C=O) groups excluding carboxylic acids is 2. The van der Waals surface area contributed by atoms with Gasteiger partial charge in [-0.25, -0.2) is 0 Å². The summed E-state index contributed by atoms with van der Waals surface area (Å²) in [4.78, 5) is 23.7. The molecule has 1 N–H and O–H groups in total. The average Bonchev–Trinajstić information content (AvgIpc) is 2.52. The largest absolute Gasteiger partial charge is 0.469 e. The number of halogens is 1. The van der Waals surface area contributed by atoms with Gasteiger partial charge in [-0.3, -0.25) is 9.59 Å². The lowest BCUT2D eigenvalue weighted by Crippen LogP contribution is -2.35. The Bertz CT molecular complexity index is 559. The number of nitrogens with one attached hydrogen (secondary N) is 1. The molecule has 1 rings (SSSR count). The van der Waals surface area contributed by atoms with Gasteiger partial charge in [0.25, 0.3) is 5.91 Å². The van der Waals surface area contributed by atoms with Crippen LogP contribution in [0.25, 0.3) is 0 Å². The van der Waals surface area contributed by atoms with E-state index in [9.17, 15) is 9.59 Å². The molecule has 0 aliphatic carbocycles. The van der Waals surface area contributed by atoms with Gasteiger partial charge in [-0.1, -0.05) is 37.6 Å². The summed E-state index contributed by atoms with van der Waals surface area (Å²) in [6, 6.07) is 6.75. The summed E-state index contributed by atoms with van der Waals surface area (Å²) >= 11 is 5.87. The summed E-state index contributed by atoms with van der Waals surface area (Å²) in [6.45, 7) is 7.95. The number of hydrogen-bond donors (Lipinski definition) is 1. The van der Waals surface area contributed by atoms with Crippen LogP contribution in [0, 0.1) is 11.3 Å². The van der Waals surface area contributed by atoms with E-state index in [1.165, 1.54) is 7.11 Å². The zero-order valence-electron chi connectivity index (χ0n) is 13.2. The first kappa shape index (κ1) is 18.2. The van der Waals surface area contributed by atoms with Crippen LogP contribution in [0.5, 0.6) is 0 Å². The molecule has 4 nitrogen and oxygen atoms in total. The number of rotatable bonds is 7. The normalized spacial score (nSPS) is 14.5. The summed E-state index contributed by atoms with van der Waals surface area (Å²) in [5.41, 5.74) is 0.0585. The van der Waals surface area contributed by atoms with Crippen LogP contribution in [-0.4, -0.2) is 25.5 Å². The Labute approximate surface area is 136 Å². The zero-order chi connectivity index (χ0) is 16.8. The maximum Gasteiger partial charge on any atom is 0.309 e. The van der Waals surface area contributed by atoms with Crippen LogP contribution in [0.2, 0.25) is 5.02 Å². The van der Waals surface area contributed by atoms with Crippen LogP contribution in [0.1, 0.15) is 30.6 Å². The van der Waals surface area contributed by atoms with Crippen LogP contribution in [-0.2, 0) is 9.53 Å². The summed E-state index contributed by atoms with van der Waals surface area (Å²) in [5.74, 6) is -0.818. The van der Waals surface area contributed by atoms with Crippen molar-refractivity contribution in [3.8, 4) is 0 Å². The second kappa shape index (κ2) is 7.99. The first-order chi connectivity index (χ1) is 10.3. The minimum absolute atomic E-state index is 0.195. The quantitative estimate of drug-likeness (QED) is 0.617. The predicted molar refractivity (Wildman–Crippen MR) is 87.9 cm³/mol. The van der Waals surface area contributed by atoms with Gasteiger partial charge in [-0.2, -0.15) is 0 Å². The van der Waals surface area contributed by atoms with Crippen molar-refractivity contribution in [3.05, 3.63) is 47.5 Å². The number of ether oxygens (including phenoxy) is 1. The summed E-state index contributed by atoms with van der Waals surface area (Å²) in [7, 11) is 1.36. The lowest BCUT2D eigenvalue weighted by molar-refractivity contribution is -0.148. The molecule has 0 saturated carbocycles. The molecule has 1 aromatic rings. The summed E-state index contributed by atoms with van der Waals surface area (Å²) in [5, 5.41) is 3.35. The second-order valence-corrected chi connectivity index (χ2v) is 5.91. The Balaban J connectivity index is 2.62. The zero-order valence-corrected chi connectivity index (χ0v) is 13.9. The van der Waals surface area contributed by atoms with Gasteiger partial charge < -0.3 is 10.1 Å². The predicted octanol–water partition coefficient (Wildman–Crippen LogP) is 3.46. The molecule has 2 unspecified atom stereocenters. The highest BCUT2D eigenvalue weighted by Gasteiger charge is 2.33. The second-order valence-electron chi connectivity index (χ2n) is 5.47. The van der Waals surface area contributed by atoms with E-state index in [4.69, 9.17) is 16.3 Å². The van der Waals surface area contributed by atoms with E-state index in [1.807, 2.05) is 6.92 Å². The number of amides is 1. The van der Waals surface area contributed by atoms with Crippen molar-refractivity contribution in [3.63, 3.8) is 0 Å². The van der Waals surface area contributed by atoms with E-state index < -0.39 is 5.41 Å². The van der Waals surface area contributed by atoms with Crippen molar-refractivity contribution in [2.75, 3.05) is 13.7 Å².